The molecule has 138 valence electrons. The topological polar surface area (TPSA) is 90.8 Å². The van der Waals surface area contributed by atoms with Crippen molar-refractivity contribution >= 4 is 23.1 Å². The number of nitrogens with one attached hydrogen (secondary N) is 1. The zero-order valence-electron chi connectivity index (χ0n) is 14.9. The number of nitrogens with zero attached hydrogens (tertiary/aromatic N) is 5. The van der Waals surface area contributed by atoms with E-state index < -0.39 is 0 Å². The number of hydrogen-bond donors (Lipinski definition) is 2. The lowest BCUT2D eigenvalue weighted by Gasteiger charge is -2.26. The molecule has 8 heteroatoms. The zero-order valence-corrected chi connectivity index (χ0v) is 14.9. The smallest absolute Gasteiger partial charge is 0.183 e. The highest BCUT2D eigenvalue weighted by atomic mass is 16.5. The molecular formula is C18H25N7O. The molecule has 0 amide bonds. The van der Waals surface area contributed by atoms with Gasteiger partial charge in [0.05, 0.1) is 18.9 Å². The van der Waals surface area contributed by atoms with Crippen LogP contribution in [0.2, 0.25) is 0 Å². The van der Waals surface area contributed by atoms with Crippen LogP contribution < -0.4 is 11.2 Å². The van der Waals surface area contributed by atoms with Crippen molar-refractivity contribution in [3.63, 3.8) is 0 Å². The summed E-state index contributed by atoms with van der Waals surface area (Å²) in [6.45, 7) is 6.45. The molecule has 3 N–H and O–H groups in total. The van der Waals surface area contributed by atoms with Gasteiger partial charge in [-0.15, -0.1) is 10.2 Å². The minimum absolute atomic E-state index is 0.365. The van der Waals surface area contributed by atoms with E-state index in [0.717, 1.165) is 57.5 Å². The maximum absolute atomic E-state index is 5.97. The molecule has 2 fully saturated rings. The maximum atomic E-state index is 5.97. The van der Waals surface area contributed by atoms with Crippen LogP contribution >= 0.6 is 0 Å². The summed E-state index contributed by atoms with van der Waals surface area (Å²) in [6.07, 6.45) is 2.34. The van der Waals surface area contributed by atoms with Gasteiger partial charge in [0.2, 0.25) is 0 Å². The number of benzene rings is 1. The van der Waals surface area contributed by atoms with Gasteiger partial charge < -0.3 is 15.4 Å². The van der Waals surface area contributed by atoms with Gasteiger partial charge in [-0.1, -0.05) is 12.1 Å². The first-order valence-corrected chi connectivity index (χ1v) is 9.19. The highest BCUT2D eigenvalue weighted by Crippen LogP contribution is 2.15. The molecule has 3 heterocycles. The Morgan fingerprint density at radius 2 is 1.92 bits per heavy atom. The highest BCUT2D eigenvalue weighted by Gasteiger charge is 2.27. The molecule has 1 aromatic carbocycles. The van der Waals surface area contributed by atoms with Gasteiger partial charge in [-0.05, 0) is 30.5 Å². The Morgan fingerprint density at radius 1 is 1.12 bits per heavy atom. The van der Waals surface area contributed by atoms with E-state index in [4.69, 9.17) is 10.5 Å². The molecular weight excluding hydrogens is 330 g/mol. The van der Waals surface area contributed by atoms with E-state index in [1.165, 1.54) is 18.4 Å². The van der Waals surface area contributed by atoms with Gasteiger partial charge in [-0.3, -0.25) is 10.3 Å². The number of ether oxygens (including phenoxy) is 1. The van der Waals surface area contributed by atoms with Crippen LogP contribution in [0.4, 0.5) is 5.69 Å². The lowest BCUT2D eigenvalue weighted by molar-refractivity contribution is 0.0342. The second kappa shape index (κ2) is 7.84. The van der Waals surface area contributed by atoms with Gasteiger partial charge in [0.15, 0.2) is 17.4 Å². The standard InChI is InChI=1S/C18H25N7O/c19-17-16(18(23-22-17)25-6-1-2-7-25)21-20-15-5-3-4-14(12-15)13-24-8-10-26-11-9-24/h3-5,12,20H,1-2,6-11,13H2,(H2,19,21,22). The van der Waals surface area contributed by atoms with E-state index in [9.17, 15) is 0 Å². The molecule has 0 aliphatic carbocycles. The predicted octanol–water partition coefficient (Wildman–Crippen LogP) is 1.07. The number of hydrogen-bond acceptors (Lipinski definition) is 8. The Balaban J connectivity index is 1.43. The third-order valence-electron chi connectivity index (χ3n) is 4.85. The molecule has 3 aliphatic heterocycles. The molecule has 0 aromatic heterocycles. The number of nitrogens with two attached hydrogens (primary N) is 1. The lowest BCUT2D eigenvalue weighted by Crippen LogP contribution is -2.38. The summed E-state index contributed by atoms with van der Waals surface area (Å²) in [7, 11) is 0. The van der Waals surface area contributed by atoms with E-state index in [2.05, 4.69) is 42.7 Å². The Morgan fingerprint density at radius 3 is 2.73 bits per heavy atom. The van der Waals surface area contributed by atoms with Gasteiger partial charge >= 0.3 is 0 Å². The quantitative estimate of drug-likeness (QED) is 0.789. The van der Waals surface area contributed by atoms with Crippen LogP contribution in [0.15, 0.2) is 39.6 Å². The molecule has 8 nitrogen and oxygen atoms in total. The van der Waals surface area contributed by atoms with Gasteiger partial charge in [0.25, 0.3) is 0 Å². The summed E-state index contributed by atoms with van der Waals surface area (Å²) in [5.41, 5.74) is 11.9. The van der Waals surface area contributed by atoms with E-state index in [1.807, 2.05) is 12.1 Å². The first-order valence-electron chi connectivity index (χ1n) is 9.19. The largest absolute Gasteiger partial charge is 0.380 e. The maximum Gasteiger partial charge on any atom is 0.183 e. The molecule has 0 atom stereocenters. The first-order chi connectivity index (χ1) is 12.8. The van der Waals surface area contributed by atoms with Crippen molar-refractivity contribution in [2.75, 3.05) is 44.8 Å². The molecule has 26 heavy (non-hydrogen) atoms. The number of likely N-dealkylation sites (tertiary alicyclic amines) is 1. The predicted molar refractivity (Wildman–Crippen MR) is 103 cm³/mol. The molecule has 0 spiro atoms. The summed E-state index contributed by atoms with van der Waals surface area (Å²) in [5.74, 6) is 1.14. The average molecular weight is 355 g/mol. The Hall–Kier alpha value is -2.45. The second-order valence-electron chi connectivity index (χ2n) is 6.76. The Bertz CT molecular complexity index is 731. The van der Waals surface area contributed by atoms with Crippen LogP contribution in [0.5, 0.6) is 0 Å². The minimum Gasteiger partial charge on any atom is -0.380 e. The van der Waals surface area contributed by atoms with Crippen molar-refractivity contribution in [1.29, 1.82) is 0 Å². The van der Waals surface area contributed by atoms with Gasteiger partial charge in [-0.25, -0.2) is 0 Å². The molecule has 2 saturated heterocycles. The summed E-state index contributed by atoms with van der Waals surface area (Å²) in [5, 5.41) is 12.7. The molecule has 4 rings (SSSR count). The van der Waals surface area contributed by atoms with Crippen molar-refractivity contribution < 1.29 is 4.74 Å². The van der Waals surface area contributed by atoms with E-state index in [-0.39, 0.29) is 0 Å². The molecule has 0 bridgehead atoms. The SMILES string of the molecule is NC1=NN=C(N2CCCC2)/C1=N\Nc1cccc(CN2CCOCC2)c1. The van der Waals surface area contributed by atoms with E-state index in [1.54, 1.807) is 0 Å². The lowest BCUT2D eigenvalue weighted by atomic mass is 10.2. The van der Waals surface area contributed by atoms with E-state index >= 15 is 0 Å². The summed E-state index contributed by atoms with van der Waals surface area (Å²) in [4.78, 5) is 4.59. The number of rotatable bonds is 4. The van der Waals surface area contributed by atoms with Crippen LogP contribution in [0.3, 0.4) is 0 Å². The van der Waals surface area contributed by atoms with Gasteiger partial charge in [0, 0.05) is 32.7 Å². The number of anilines is 1. The summed E-state index contributed by atoms with van der Waals surface area (Å²) >= 11 is 0. The van der Waals surface area contributed by atoms with Crippen LogP contribution in [0.25, 0.3) is 0 Å². The Kier molecular flexibility index (Phi) is 5.12. The molecule has 0 unspecified atom stereocenters. The summed E-state index contributed by atoms with van der Waals surface area (Å²) < 4.78 is 5.41. The van der Waals surface area contributed by atoms with Crippen LogP contribution in [0, 0.1) is 0 Å². The third kappa shape index (κ3) is 3.86. The van der Waals surface area contributed by atoms with Crippen LogP contribution in [-0.2, 0) is 11.3 Å². The molecule has 3 aliphatic rings. The van der Waals surface area contributed by atoms with Gasteiger partial charge in [0.1, 0.15) is 0 Å². The zero-order chi connectivity index (χ0) is 17.8. The highest BCUT2D eigenvalue weighted by molar-refractivity contribution is 6.68. The third-order valence-corrected chi connectivity index (χ3v) is 4.85. The normalized spacial score (nSPS) is 22.6. The molecule has 0 radical (unpaired) electrons. The van der Waals surface area contributed by atoms with Crippen LogP contribution in [-0.4, -0.2) is 66.6 Å². The number of hydrazone groups is 1. The molecule has 1 aromatic rings. The number of amidine groups is 2. The van der Waals surface area contributed by atoms with E-state index in [0.29, 0.717) is 11.5 Å². The van der Waals surface area contributed by atoms with Crippen molar-refractivity contribution in [3.8, 4) is 0 Å². The first kappa shape index (κ1) is 17.0. The number of morpholine rings is 1. The fourth-order valence-electron chi connectivity index (χ4n) is 3.44. The Labute approximate surface area is 153 Å². The average Bonchev–Trinajstić information content (AvgIpc) is 3.31. The second-order valence-corrected chi connectivity index (χ2v) is 6.76. The van der Waals surface area contributed by atoms with Gasteiger partial charge in [-0.2, -0.15) is 5.10 Å². The summed E-state index contributed by atoms with van der Waals surface area (Å²) in [6, 6.07) is 8.30. The minimum atomic E-state index is 0.365. The van der Waals surface area contributed by atoms with Crippen molar-refractivity contribution in [1.82, 2.24) is 9.80 Å². The van der Waals surface area contributed by atoms with Crippen molar-refractivity contribution in [2.24, 2.45) is 21.0 Å². The fraction of sp³-hybridized carbons (Fsp3) is 0.500. The van der Waals surface area contributed by atoms with Crippen LogP contribution in [0.1, 0.15) is 18.4 Å². The molecule has 0 saturated carbocycles. The monoisotopic (exact) mass is 355 g/mol. The fourth-order valence-corrected chi connectivity index (χ4v) is 3.44. The van der Waals surface area contributed by atoms with Crippen molar-refractivity contribution in [3.05, 3.63) is 29.8 Å². The van der Waals surface area contributed by atoms with Crippen molar-refractivity contribution in [2.45, 2.75) is 19.4 Å².